The summed E-state index contributed by atoms with van der Waals surface area (Å²) in [6.45, 7) is 3.39. The van der Waals surface area contributed by atoms with Crippen LogP contribution in [0.3, 0.4) is 0 Å². The molecule has 1 saturated heterocycles. The fraction of sp³-hybridized carbons (Fsp3) is 0.900. The van der Waals surface area contributed by atoms with E-state index in [1.54, 1.807) is 0 Å². The molecule has 0 spiro atoms. The average Bonchev–Trinajstić information content (AvgIpc) is 2.63. The lowest BCUT2D eigenvalue weighted by Gasteiger charge is -2.14. The molecule has 4 nitrogen and oxygen atoms in total. The van der Waals surface area contributed by atoms with Crippen LogP contribution in [0, 0.1) is 11.8 Å². The van der Waals surface area contributed by atoms with Crippen LogP contribution in [0.1, 0.15) is 6.92 Å². The summed E-state index contributed by atoms with van der Waals surface area (Å²) >= 11 is 0. The molecule has 1 heterocycles. The van der Waals surface area contributed by atoms with Crippen LogP contribution in [0.15, 0.2) is 0 Å². The van der Waals surface area contributed by atoms with Crippen LogP contribution in [-0.2, 0) is 9.53 Å². The van der Waals surface area contributed by atoms with E-state index in [2.05, 4.69) is 15.4 Å². The first-order valence-corrected chi connectivity index (χ1v) is 5.45. The summed E-state index contributed by atoms with van der Waals surface area (Å²) in [6, 6.07) is 0. The van der Waals surface area contributed by atoms with Crippen LogP contribution < -0.4 is 10.6 Å². The van der Waals surface area contributed by atoms with E-state index in [-0.39, 0.29) is 25.0 Å². The maximum atomic E-state index is 11.7. The third kappa shape index (κ3) is 4.40. The molecule has 0 radical (unpaired) electrons. The molecule has 0 aromatic carbocycles. The van der Waals surface area contributed by atoms with Gasteiger partial charge in [0, 0.05) is 13.1 Å². The number of ether oxygens (including phenoxy) is 1. The maximum Gasteiger partial charge on any atom is 0.261 e. The van der Waals surface area contributed by atoms with Crippen molar-refractivity contribution in [3.8, 4) is 0 Å². The van der Waals surface area contributed by atoms with Crippen molar-refractivity contribution < 1.29 is 18.3 Å². The van der Waals surface area contributed by atoms with Crippen molar-refractivity contribution in [3.05, 3.63) is 0 Å². The normalized spacial score (nSPS) is 25.0. The molecule has 0 aromatic rings. The molecular formula is C10H18F2N2O2. The van der Waals surface area contributed by atoms with E-state index in [0.717, 1.165) is 6.54 Å². The summed E-state index contributed by atoms with van der Waals surface area (Å²) < 4.78 is 28.0. The standard InChI is InChI=1S/C10H18F2N2O2/c1-7-4-13-5-8(7)10(15)14-2-3-16-6-9(11)12/h7-9,13H,2-6H2,1H3,(H,14,15)/t7-,8-/m1/s1. The molecule has 0 unspecified atom stereocenters. The highest BCUT2D eigenvalue weighted by atomic mass is 19.3. The average molecular weight is 236 g/mol. The predicted octanol–water partition coefficient (Wildman–Crippen LogP) is 0.240. The SMILES string of the molecule is C[C@@H]1CNC[C@H]1C(=O)NCCOCC(F)F. The van der Waals surface area contributed by atoms with Gasteiger partial charge in [-0.1, -0.05) is 6.92 Å². The minimum absolute atomic E-state index is 0.0184. The second-order valence-electron chi connectivity index (χ2n) is 4.00. The second kappa shape index (κ2) is 6.75. The summed E-state index contributed by atoms with van der Waals surface area (Å²) in [7, 11) is 0. The van der Waals surface area contributed by atoms with Crippen molar-refractivity contribution in [2.75, 3.05) is 32.8 Å². The molecule has 2 atom stereocenters. The van der Waals surface area contributed by atoms with Crippen molar-refractivity contribution in [1.29, 1.82) is 0 Å². The fourth-order valence-electron chi connectivity index (χ4n) is 1.71. The minimum Gasteiger partial charge on any atom is -0.374 e. The van der Waals surface area contributed by atoms with Gasteiger partial charge in [0.15, 0.2) is 0 Å². The predicted molar refractivity (Wildman–Crippen MR) is 55.4 cm³/mol. The molecule has 0 bridgehead atoms. The summed E-state index contributed by atoms with van der Waals surface area (Å²) in [6.07, 6.45) is -2.45. The Morgan fingerprint density at radius 3 is 2.88 bits per heavy atom. The van der Waals surface area contributed by atoms with Crippen molar-refractivity contribution in [1.82, 2.24) is 10.6 Å². The van der Waals surface area contributed by atoms with Gasteiger partial charge in [-0.3, -0.25) is 4.79 Å². The summed E-state index contributed by atoms with van der Waals surface area (Å²) in [5, 5.41) is 5.81. The highest BCUT2D eigenvalue weighted by Crippen LogP contribution is 2.15. The summed E-state index contributed by atoms with van der Waals surface area (Å²) in [5.41, 5.74) is 0. The second-order valence-corrected chi connectivity index (χ2v) is 4.00. The van der Waals surface area contributed by atoms with Crippen LogP contribution in [0.5, 0.6) is 0 Å². The highest BCUT2D eigenvalue weighted by Gasteiger charge is 2.28. The number of hydrogen-bond donors (Lipinski definition) is 2. The first kappa shape index (κ1) is 13.3. The number of alkyl halides is 2. The Bertz CT molecular complexity index is 227. The van der Waals surface area contributed by atoms with Gasteiger partial charge in [-0.2, -0.15) is 0 Å². The largest absolute Gasteiger partial charge is 0.374 e. The number of rotatable bonds is 6. The summed E-state index contributed by atoms with van der Waals surface area (Å²) in [5.74, 6) is 0.273. The molecule has 6 heteroatoms. The van der Waals surface area contributed by atoms with Gasteiger partial charge in [0.25, 0.3) is 6.43 Å². The van der Waals surface area contributed by atoms with Crippen LogP contribution >= 0.6 is 0 Å². The van der Waals surface area contributed by atoms with Crippen molar-refractivity contribution >= 4 is 5.91 Å². The first-order chi connectivity index (χ1) is 7.61. The first-order valence-electron chi connectivity index (χ1n) is 5.45. The molecule has 2 N–H and O–H groups in total. The molecule has 1 fully saturated rings. The topological polar surface area (TPSA) is 50.4 Å². The van der Waals surface area contributed by atoms with Gasteiger partial charge < -0.3 is 15.4 Å². The van der Waals surface area contributed by atoms with E-state index >= 15 is 0 Å². The number of halogens is 2. The van der Waals surface area contributed by atoms with Crippen LogP contribution in [0.2, 0.25) is 0 Å². The third-order valence-corrected chi connectivity index (χ3v) is 2.64. The van der Waals surface area contributed by atoms with E-state index < -0.39 is 13.0 Å². The van der Waals surface area contributed by atoms with Crippen LogP contribution in [0.25, 0.3) is 0 Å². The highest BCUT2D eigenvalue weighted by molar-refractivity contribution is 5.79. The fourth-order valence-corrected chi connectivity index (χ4v) is 1.71. The Labute approximate surface area is 93.7 Å². The Morgan fingerprint density at radius 1 is 1.56 bits per heavy atom. The Kier molecular flexibility index (Phi) is 5.62. The molecule has 94 valence electrons. The van der Waals surface area contributed by atoms with Crippen molar-refractivity contribution in [3.63, 3.8) is 0 Å². The van der Waals surface area contributed by atoms with E-state index in [9.17, 15) is 13.6 Å². The lowest BCUT2D eigenvalue weighted by Crippen LogP contribution is -2.36. The van der Waals surface area contributed by atoms with Crippen LogP contribution in [-0.4, -0.2) is 45.2 Å². The van der Waals surface area contributed by atoms with Gasteiger partial charge in [-0.05, 0) is 12.5 Å². The smallest absolute Gasteiger partial charge is 0.261 e. The van der Waals surface area contributed by atoms with Crippen molar-refractivity contribution in [2.45, 2.75) is 13.3 Å². The molecule has 0 saturated carbocycles. The monoisotopic (exact) mass is 236 g/mol. The zero-order valence-electron chi connectivity index (χ0n) is 9.34. The number of carbonyl (C=O) groups excluding carboxylic acids is 1. The zero-order valence-corrected chi connectivity index (χ0v) is 9.34. The Balaban J connectivity index is 2.06. The van der Waals surface area contributed by atoms with E-state index in [0.29, 0.717) is 12.5 Å². The van der Waals surface area contributed by atoms with E-state index in [1.807, 2.05) is 6.92 Å². The number of nitrogens with one attached hydrogen (secondary N) is 2. The lowest BCUT2D eigenvalue weighted by atomic mass is 9.97. The molecular weight excluding hydrogens is 218 g/mol. The summed E-state index contributed by atoms with van der Waals surface area (Å²) in [4.78, 5) is 11.6. The third-order valence-electron chi connectivity index (χ3n) is 2.64. The maximum absolute atomic E-state index is 11.7. The molecule has 16 heavy (non-hydrogen) atoms. The van der Waals surface area contributed by atoms with Gasteiger partial charge in [-0.15, -0.1) is 0 Å². The van der Waals surface area contributed by atoms with Crippen molar-refractivity contribution in [2.24, 2.45) is 11.8 Å². The zero-order chi connectivity index (χ0) is 12.0. The molecule has 1 rings (SSSR count). The number of carbonyl (C=O) groups is 1. The quantitative estimate of drug-likeness (QED) is 0.650. The van der Waals surface area contributed by atoms with Gasteiger partial charge in [0.2, 0.25) is 5.91 Å². The Morgan fingerprint density at radius 2 is 2.31 bits per heavy atom. The molecule has 1 amide bonds. The lowest BCUT2D eigenvalue weighted by molar-refractivity contribution is -0.125. The molecule has 1 aliphatic heterocycles. The molecule has 0 aromatic heterocycles. The van der Waals surface area contributed by atoms with Gasteiger partial charge in [0.1, 0.15) is 6.61 Å². The van der Waals surface area contributed by atoms with Gasteiger partial charge >= 0.3 is 0 Å². The van der Waals surface area contributed by atoms with E-state index in [4.69, 9.17) is 0 Å². The minimum atomic E-state index is -2.45. The van der Waals surface area contributed by atoms with Gasteiger partial charge in [0.05, 0.1) is 12.5 Å². The molecule has 0 aliphatic carbocycles. The number of amides is 1. The molecule has 1 aliphatic rings. The van der Waals surface area contributed by atoms with E-state index in [1.165, 1.54) is 0 Å². The Hall–Kier alpha value is -0.750. The van der Waals surface area contributed by atoms with Crippen LogP contribution in [0.4, 0.5) is 8.78 Å². The van der Waals surface area contributed by atoms with Gasteiger partial charge in [-0.25, -0.2) is 8.78 Å². The number of hydrogen-bond acceptors (Lipinski definition) is 3.